The number of amides is 1. The van der Waals surface area contributed by atoms with Gasteiger partial charge in [-0.15, -0.1) is 10.2 Å². The number of thioether (sulfide) groups is 1. The normalized spacial score (nSPS) is 10.4. The maximum Gasteiger partial charge on any atom is 0.338 e. The molecule has 0 aliphatic rings. The Morgan fingerprint density at radius 3 is 2.34 bits per heavy atom. The summed E-state index contributed by atoms with van der Waals surface area (Å²) in [5.74, 6) is -0.377. The molecule has 0 atom stereocenters. The molecule has 0 saturated carbocycles. The van der Waals surface area contributed by atoms with Crippen molar-refractivity contribution in [3.8, 4) is 11.3 Å². The summed E-state index contributed by atoms with van der Waals surface area (Å²) in [5, 5.41) is 12.4. The molecule has 1 amide bonds. The number of rotatable bonds is 7. The van der Waals surface area contributed by atoms with Crippen LogP contribution >= 0.6 is 23.4 Å². The van der Waals surface area contributed by atoms with Crippen LogP contribution in [0, 0.1) is 0 Å². The van der Waals surface area contributed by atoms with Crippen LogP contribution in [0.2, 0.25) is 5.02 Å². The highest BCUT2D eigenvalue weighted by molar-refractivity contribution is 7.99. The number of aromatic nitrogens is 2. The Bertz CT molecular complexity index is 978. The van der Waals surface area contributed by atoms with E-state index in [0.29, 0.717) is 27.9 Å². The number of anilines is 1. The van der Waals surface area contributed by atoms with E-state index in [1.165, 1.54) is 11.8 Å². The fourth-order valence-electron chi connectivity index (χ4n) is 2.41. The number of hydrogen-bond donors (Lipinski definition) is 1. The molecule has 3 aromatic rings. The van der Waals surface area contributed by atoms with Gasteiger partial charge in [0.1, 0.15) is 5.03 Å². The van der Waals surface area contributed by atoms with Crippen LogP contribution in [0.15, 0.2) is 65.7 Å². The Labute approximate surface area is 177 Å². The monoisotopic (exact) mass is 427 g/mol. The molecule has 0 aliphatic carbocycles. The first-order chi connectivity index (χ1) is 14.0. The van der Waals surface area contributed by atoms with Crippen molar-refractivity contribution in [2.75, 3.05) is 17.7 Å². The summed E-state index contributed by atoms with van der Waals surface area (Å²) in [6.07, 6.45) is 0. The van der Waals surface area contributed by atoms with Crippen molar-refractivity contribution in [2.45, 2.75) is 11.9 Å². The fraction of sp³-hybridized carbons (Fsp3) is 0.143. The first-order valence-electron chi connectivity index (χ1n) is 8.84. The lowest BCUT2D eigenvalue weighted by molar-refractivity contribution is -0.113. The summed E-state index contributed by atoms with van der Waals surface area (Å²) in [7, 11) is 0. The third-order valence-corrected chi connectivity index (χ3v) is 4.98. The van der Waals surface area contributed by atoms with Crippen molar-refractivity contribution in [1.82, 2.24) is 10.2 Å². The number of carbonyl (C=O) groups is 2. The minimum absolute atomic E-state index is 0.178. The van der Waals surface area contributed by atoms with Crippen molar-refractivity contribution in [2.24, 2.45) is 0 Å². The topological polar surface area (TPSA) is 81.2 Å². The second-order valence-corrected chi connectivity index (χ2v) is 7.33. The van der Waals surface area contributed by atoms with Crippen LogP contribution in [0.5, 0.6) is 0 Å². The zero-order valence-electron chi connectivity index (χ0n) is 15.6. The molecule has 0 radical (unpaired) electrons. The van der Waals surface area contributed by atoms with E-state index in [0.717, 1.165) is 11.3 Å². The van der Waals surface area contributed by atoms with Crippen LogP contribution in [-0.2, 0) is 9.53 Å². The lowest BCUT2D eigenvalue weighted by Gasteiger charge is -2.06. The van der Waals surface area contributed by atoms with E-state index in [9.17, 15) is 9.59 Å². The van der Waals surface area contributed by atoms with Crippen molar-refractivity contribution < 1.29 is 14.3 Å². The smallest absolute Gasteiger partial charge is 0.338 e. The van der Waals surface area contributed by atoms with E-state index in [2.05, 4.69) is 15.5 Å². The Hall–Kier alpha value is -2.90. The molecule has 0 unspecified atom stereocenters. The molecule has 1 N–H and O–H groups in total. The molecule has 1 heterocycles. The molecule has 0 saturated heterocycles. The third kappa shape index (κ3) is 6.04. The summed E-state index contributed by atoms with van der Waals surface area (Å²) in [5.41, 5.74) is 2.70. The Morgan fingerprint density at radius 1 is 1.00 bits per heavy atom. The molecular formula is C21H18ClN3O3S. The van der Waals surface area contributed by atoms with E-state index < -0.39 is 0 Å². The van der Waals surface area contributed by atoms with E-state index in [1.807, 2.05) is 24.3 Å². The van der Waals surface area contributed by atoms with Gasteiger partial charge >= 0.3 is 5.97 Å². The molecule has 6 nitrogen and oxygen atoms in total. The molecule has 0 fully saturated rings. The van der Waals surface area contributed by atoms with Gasteiger partial charge in [0, 0.05) is 16.3 Å². The summed E-state index contributed by atoms with van der Waals surface area (Å²) in [6.45, 7) is 2.07. The van der Waals surface area contributed by atoms with Gasteiger partial charge in [0.05, 0.1) is 23.6 Å². The lowest BCUT2D eigenvalue weighted by Crippen LogP contribution is -2.14. The molecule has 148 valence electrons. The standard InChI is InChI=1S/C21H18ClN3O3S/c1-2-28-21(27)15-5-9-17(10-6-15)23-19(26)13-29-20-12-11-18(24-25-20)14-3-7-16(22)8-4-14/h3-12H,2,13H2,1H3,(H,23,26). The predicted molar refractivity (Wildman–Crippen MR) is 114 cm³/mol. The number of halogens is 1. The van der Waals surface area contributed by atoms with Crippen LogP contribution in [-0.4, -0.2) is 34.4 Å². The van der Waals surface area contributed by atoms with Crippen LogP contribution in [0.3, 0.4) is 0 Å². The minimum atomic E-state index is -0.387. The van der Waals surface area contributed by atoms with Crippen LogP contribution in [0.25, 0.3) is 11.3 Å². The molecular weight excluding hydrogens is 410 g/mol. The zero-order valence-corrected chi connectivity index (χ0v) is 17.2. The van der Waals surface area contributed by atoms with Gasteiger partial charge in [0.2, 0.25) is 5.91 Å². The largest absolute Gasteiger partial charge is 0.462 e. The molecule has 3 rings (SSSR count). The highest BCUT2D eigenvalue weighted by Crippen LogP contribution is 2.21. The molecule has 0 aliphatic heterocycles. The second-order valence-electron chi connectivity index (χ2n) is 5.90. The number of hydrogen-bond acceptors (Lipinski definition) is 6. The summed E-state index contributed by atoms with van der Waals surface area (Å²) in [4.78, 5) is 23.8. The summed E-state index contributed by atoms with van der Waals surface area (Å²) < 4.78 is 4.93. The van der Waals surface area contributed by atoms with E-state index >= 15 is 0 Å². The Morgan fingerprint density at radius 2 is 1.72 bits per heavy atom. The highest BCUT2D eigenvalue weighted by Gasteiger charge is 2.09. The van der Waals surface area contributed by atoms with Gasteiger partial charge < -0.3 is 10.1 Å². The van der Waals surface area contributed by atoms with Crippen molar-refractivity contribution in [3.63, 3.8) is 0 Å². The number of carbonyl (C=O) groups excluding carboxylic acids is 2. The molecule has 0 bridgehead atoms. The highest BCUT2D eigenvalue weighted by atomic mass is 35.5. The zero-order chi connectivity index (χ0) is 20.6. The van der Waals surface area contributed by atoms with Gasteiger partial charge in [-0.05, 0) is 55.5 Å². The average molecular weight is 428 g/mol. The Balaban J connectivity index is 1.51. The third-order valence-electron chi connectivity index (χ3n) is 3.81. The quantitative estimate of drug-likeness (QED) is 0.434. The van der Waals surface area contributed by atoms with Gasteiger partial charge in [-0.3, -0.25) is 4.79 Å². The minimum Gasteiger partial charge on any atom is -0.462 e. The Kier molecular flexibility index (Phi) is 7.21. The van der Waals surface area contributed by atoms with Gasteiger partial charge in [0.15, 0.2) is 0 Å². The van der Waals surface area contributed by atoms with Crippen molar-refractivity contribution in [3.05, 3.63) is 71.2 Å². The maximum absolute atomic E-state index is 12.1. The van der Waals surface area contributed by atoms with Gasteiger partial charge in [-0.25, -0.2) is 4.79 Å². The first kappa shape index (κ1) is 20.8. The van der Waals surface area contributed by atoms with Gasteiger partial charge in [-0.2, -0.15) is 0 Å². The predicted octanol–water partition coefficient (Wildman–Crippen LogP) is 4.70. The van der Waals surface area contributed by atoms with Crippen LogP contribution < -0.4 is 5.32 Å². The number of ether oxygens (including phenoxy) is 1. The van der Waals surface area contributed by atoms with Gasteiger partial charge in [-0.1, -0.05) is 35.5 Å². The van der Waals surface area contributed by atoms with Gasteiger partial charge in [0.25, 0.3) is 0 Å². The summed E-state index contributed by atoms with van der Waals surface area (Å²) in [6, 6.07) is 17.6. The first-order valence-corrected chi connectivity index (χ1v) is 10.2. The summed E-state index contributed by atoms with van der Waals surface area (Å²) >= 11 is 7.18. The molecule has 2 aromatic carbocycles. The SMILES string of the molecule is CCOC(=O)c1ccc(NC(=O)CSc2ccc(-c3ccc(Cl)cc3)nn2)cc1. The van der Waals surface area contributed by atoms with Crippen LogP contribution in [0.1, 0.15) is 17.3 Å². The number of esters is 1. The second kappa shape index (κ2) is 10.0. The molecule has 1 aromatic heterocycles. The van der Waals surface area contributed by atoms with Crippen LogP contribution in [0.4, 0.5) is 5.69 Å². The molecule has 0 spiro atoms. The lowest BCUT2D eigenvalue weighted by atomic mass is 10.1. The van der Waals surface area contributed by atoms with E-state index in [4.69, 9.17) is 16.3 Å². The molecule has 8 heteroatoms. The number of nitrogens with one attached hydrogen (secondary N) is 1. The van der Waals surface area contributed by atoms with Crippen molar-refractivity contribution in [1.29, 1.82) is 0 Å². The maximum atomic E-state index is 12.1. The molecule has 29 heavy (non-hydrogen) atoms. The van der Waals surface area contributed by atoms with E-state index in [-0.39, 0.29) is 17.6 Å². The van der Waals surface area contributed by atoms with E-state index in [1.54, 1.807) is 43.3 Å². The average Bonchev–Trinajstić information content (AvgIpc) is 2.74. The fourth-order valence-corrected chi connectivity index (χ4v) is 3.15. The number of nitrogens with zero attached hydrogens (tertiary/aromatic N) is 2. The number of benzene rings is 2. The van der Waals surface area contributed by atoms with Crippen molar-refractivity contribution >= 4 is 40.9 Å².